The number of aromatic nitrogens is 1. The lowest BCUT2D eigenvalue weighted by atomic mass is 10.1. The van der Waals surface area contributed by atoms with E-state index >= 15 is 0 Å². The summed E-state index contributed by atoms with van der Waals surface area (Å²) < 4.78 is 25.2. The Bertz CT molecular complexity index is 401. The van der Waals surface area contributed by atoms with E-state index in [-0.39, 0.29) is 18.7 Å². The molecule has 1 heterocycles. The molecule has 1 aromatic heterocycles. The first kappa shape index (κ1) is 12.3. The van der Waals surface area contributed by atoms with Crippen molar-refractivity contribution in [1.29, 1.82) is 5.26 Å². The third-order valence-corrected chi connectivity index (χ3v) is 2.78. The van der Waals surface area contributed by atoms with Gasteiger partial charge >= 0.3 is 0 Å². The average molecular weight is 323 g/mol. The van der Waals surface area contributed by atoms with Crippen molar-refractivity contribution in [3.05, 3.63) is 26.6 Å². The quantitative estimate of drug-likeness (QED) is 0.685. The minimum absolute atomic E-state index is 0.134. The predicted octanol–water partition coefficient (Wildman–Crippen LogP) is 2.15. The number of hydrogen-bond donors (Lipinski definition) is 1. The third-order valence-electron chi connectivity index (χ3n) is 1.89. The number of hydrogen-bond acceptors (Lipinski definition) is 3. The minimum atomic E-state index is -2.61. The number of nitrogens with two attached hydrogens (primary N) is 1. The van der Waals surface area contributed by atoms with Crippen LogP contribution in [0, 0.1) is 15.0 Å². The molecule has 0 bridgehead atoms. The van der Waals surface area contributed by atoms with Crippen LogP contribution in [0.15, 0.2) is 6.07 Å². The van der Waals surface area contributed by atoms with E-state index in [1.54, 1.807) is 0 Å². The van der Waals surface area contributed by atoms with Crippen LogP contribution in [0.2, 0.25) is 0 Å². The molecule has 0 aromatic carbocycles. The van der Waals surface area contributed by atoms with Crippen molar-refractivity contribution >= 4 is 22.6 Å². The van der Waals surface area contributed by atoms with Crippen molar-refractivity contribution in [3.63, 3.8) is 0 Å². The molecule has 0 radical (unpaired) electrons. The molecule has 15 heavy (non-hydrogen) atoms. The van der Waals surface area contributed by atoms with Crippen LogP contribution in [0.5, 0.6) is 0 Å². The van der Waals surface area contributed by atoms with E-state index < -0.39 is 6.43 Å². The van der Waals surface area contributed by atoms with Crippen molar-refractivity contribution in [2.24, 2.45) is 5.73 Å². The van der Waals surface area contributed by atoms with Crippen LogP contribution in [-0.2, 0) is 13.0 Å². The highest BCUT2D eigenvalue weighted by Crippen LogP contribution is 2.23. The summed E-state index contributed by atoms with van der Waals surface area (Å²) in [6.07, 6.45) is -2.47. The molecule has 0 fully saturated rings. The molecule has 0 amide bonds. The van der Waals surface area contributed by atoms with Gasteiger partial charge in [0.25, 0.3) is 6.43 Å². The van der Waals surface area contributed by atoms with Crippen LogP contribution in [0.25, 0.3) is 0 Å². The van der Waals surface area contributed by atoms with E-state index in [2.05, 4.69) is 4.98 Å². The number of rotatable bonds is 3. The maximum atomic E-state index is 12.4. The van der Waals surface area contributed by atoms with Crippen LogP contribution < -0.4 is 5.73 Å². The van der Waals surface area contributed by atoms with E-state index in [0.717, 1.165) is 0 Å². The lowest BCUT2D eigenvalue weighted by Crippen LogP contribution is -2.07. The van der Waals surface area contributed by atoms with Crippen molar-refractivity contribution in [3.8, 4) is 6.07 Å². The highest BCUT2D eigenvalue weighted by molar-refractivity contribution is 14.1. The Morgan fingerprint density at radius 3 is 2.73 bits per heavy atom. The Hall–Kier alpha value is -0.810. The molecule has 1 rings (SSSR count). The highest BCUT2D eigenvalue weighted by Gasteiger charge is 2.15. The van der Waals surface area contributed by atoms with Crippen molar-refractivity contribution in [2.75, 3.05) is 0 Å². The summed E-state index contributed by atoms with van der Waals surface area (Å²) in [5.74, 6) is 0. The predicted molar refractivity (Wildman–Crippen MR) is 59.1 cm³/mol. The van der Waals surface area contributed by atoms with Gasteiger partial charge < -0.3 is 5.73 Å². The molecule has 0 aliphatic heterocycles. The summed E-state index contributed by atoms with van der Waals surface area (Å²) in [5, 5.41) is 8.57. The van der Waals surface area contributed by atoms with Gasteiger partial charge in [-0.05, 0) is 34.2 Å². The van der Waals surface area contributed by atoms with Crippen LogP contribution in [-0.4, -0.2) is 4.98 Å². The fourth-order valence-electron chi connectivity index (χ4n) is 1.17. The number of nitriles is 1. The second-order valence-electron chi connectivity index (χ2n) is 2.82. The molecular formula is C9H8F2IN3. The first-order chi connectivity index (χ1) is 7.10. The van der Waals surface area contributed by atoms with E-state index in [1.807, 2.05) is 28.7 Å². The summed E-state index contributed by atoms with van der Waals surface area (Å²) in [5.41, 5.74) is 6.35. The second-order valence-corrected chi connectivity index (χ2v) is 3.84. The van der Waals surface area contributed by atoms with Crippen molar-refractivity contribution in [1.82, 2.24) is 4.98 Å². The Morgan fingerprint density at radius 2 is 2.27 bits per heavy atom. The zero-order valence-corrected chi connectivity index (χ0v) is 9.83. The van der Waals surface area contributed by atoms with E-state index in [9.17, 15) is 8.78 Å². The molecule has 6 heteroatoms. The third kappa shape index (κ3) is 2.82. The Balaban J connectivity index is 3.25. The summed E-state index contributed by atoms with van der Waals surface area (Å²) >= 11 is 1.84. The summed E-state index contributed by atoms with van der Waals surface area (Å²) in [7, 11) is 0. The second kappa shape index (κ2) is 5.32. The highest BCUT2D eigenvalue weighted by atomic mass is 127. The maximum Gasteiger partial charge on any atom is 0.280 e. The average Bonchev–Trinajstić information content (AvgIpc) is 2.20. The molecule has 80 valence electrons. The fraction of sp³-hybridized carbons (Fsp3) is 0.333. The number of halogens is 3. The molecular weight excluding hydrogens is 315 g/mol. The first-order valence-corrected chi connectivity index (χ1v) is 5.21. The lowest BCUT2D eigenvalue weighted by Gasteiger charge is -2.09. The zero-order chi connectivity index (χ0) is 11.4. The van der Waals surface area contributed by atoms with Gasteiger partial charge in [0.15, 0.2) is 0 Å². The molecule has 0 saturated heterocycles. The SMILES string of the molecule is N#CCc1c(CN)cc(C(F)F)nc1I. The van der Waals surface area contributed by atoms with Gasteiger partial charge in [0.1, 0.15) is 9.39 Å². The van der Waals surface area contributed by atoms with Gasteiger partial charge in [-0.2, -0.15) is 5.26 Å². The number of pyridine rings is 1. The van der Waals surface area contributed by atoms with Crippen molar-refractivity contribution in [2.45, 2.75) is 19.4 Å². The number of alkyl halides is 2. The van der Waals surface area contributed by atoms with Gasteiger partial charge in [-0.25, -0.2) is 13.8 Å². The smallest absolute Gasteiger partial charge is 0.280 e. The molecule has 3 nitrogen and oxygen atoms in total. The van der Waals surface area contributed by atoms with Crippen LogP contribution in [0.3, 0.4) is 0 Å². The topological polar surface area (TPSA) is 62.7 Å². The Kier molecular flexibility index (Phi) is 4.35. The molecule has 0 spiro atoms. The minimum Gasteiger partial charge on any atom is -0.326 e. The summed E-state index contributed by atoms with van der Waals surface area (Å²) in [6, 6.07) is 3.22. The van der Waals surface area contributed by atoms with E-state index in [4.69, 9.17) is 11.0 Å². The van der Waals surface area contributed by atoms with Crippen LogP contribution >= 0.6 is 22.6 Å². The van der Waals surface area contributed by atoms with Gasteiger partial charge in [0, 0.05) is 12.1 Å². The lowest BCUT2D eigenvalue weighted by molar-refractivity contribution is 0.145. The van der Waals surface area contributed by atoms with Gasteiger partial charge in [-0.3, -0.25) is 0 Å². The summed E-state index contributed by atoms with van der Waals surface area (Å²) in [6.45, 7) is 0.134. The van der Waals surface area contributed by atoms with Crippen molar-refractivity contribution < 1.29 is 8.78 Å². The standard InChI is InChI=1S/C9H8F2IN3/c10-8(11)7-3-5(4-14)6(1-2-13)9(12)15-7/h3,8H,1,4,14H2. The van der Waals surface area contributed by atoms with Crippen LogP contribution in [0.4, 0.5) is 8.78 Å². The molecule has 0 aliphatic rings. The largest absolute Gasteiger partial charge is 0.326 e. The first-order valence-electron chi connectivity index (χ1n) is 4.13. The number of nitrogens with zero attached hydrogens (tertiary/aromatic N) is 2. The van der Waals surface area contributed by atoms with Gasteiger partial charge in [0.05, 0.1) is 12.5 Å². The molecule has 0 atom stereocenters. The normalized spacial score (nSPS) is 10.4. The van der Waals surface area contributed by atoms with Gasteiger partial charge in [-0.15, -0.1) is 0 Å². The fourth-order valence-corrected chi connectivity index (χ4v) is 1.99. The summed E-state index contributed by atoms with van der Waals surface area (Å²) in [4.78, 5) is 3.73. The maximum absolute atomic E-state index is 12.4. The Labute approximate surface area is 99.4 Å². The molecule has 0 unspecified atom stereocenters. The molecule has 2 N–H and O–H groups in total. The molecule has 0 saturated carbocycles. The zero-order valence-electron chi connectivity index (χ0n) is 7.67. The Morgan fingerprint density at radius 1 is 1.60 bits per heavy atom. The molecule has 0 aliphatic carbocycles. The molecule has 1 aromatic rings. The monoisotopic (exact) mass is 323 g/mol. The van der Waals surface area contributed by atoms with Crippen LogP contribution in [0.1, 0.15) is 23.2 Å². The van der Waals surface area contributed by atoms with E-state index in [1.165, 1.54) is 6.07 Å². The van der Waals surface area contributed by atoms with E-state index in [0.29, 0.717) is 14.8 Å². The van der Waals surface area contributed by atoms with Gasteiger partial charge in [-0.1, -0.05) is 0 Å². The van der Waals surface area contributed by atoms with Gasteiger partial charge in [0.2, 0.25) is 0 Å².